The zero-order valence-electron chi connectivity index (χ0n) is 15.2. The summed E-state index contributed by atoms with van der Waals surface area (Å²) in [6, 6.07) is 6.17. The van der Waals surface area contributed by atoms with Crippen molar-refractivity contribution in [3.05, 3.63) is 54.6 Å². The number of halogens is 4. The Morgan fingerprint density at radius 3 is 2.52 bits per heavy atom. The van der Waals surface area contributed by atoms with E-state index in [0.717, 1.165) is 11.6 Å². The van der Waals surface area contributed by atoms with Crippen LogP contribution >= 0.6 is 0 Å². The number of pyridine rings is 2. The van der Waals surface area contributed by atoms with Crippen molar-refractivity contribution in [1.29, 1.82) is 0 Å². The quantitative estimate of drug-likeness (QED) is 0.588. The molecule has 154 valence electrons. The molecule has 1 amide bonds. The molecule has 0 unspecified atom stereocenters. The minimum Gasteiger partial charge on any atom is -0.388 e. The molecule has 3 heterocycles. The number of nitrogens with zero attached hydrogens (tertiary/aromatic N) is 3. The lowest BCUT2D eigenvalue weighted by Gasteiger charge is -2.32. The van der Waals surface area contributed by atoms with Crippen LogP contribution in [0.5, 0.6) is 5.88 Å². The number of likely N-dealkylation sites (tertiary alicyclic amines) is 1. The van der Waals surface area contributed by atoms with Gasteiger partial charge in [0.05, 0.1) is 11.9 Å². The average molecular weight is 410 g/mol. The lowest BCUT2D eigenvalue weighted by atomic mass is 9.89. The third kappa shape index (κ3) is 5.43. The Balaban J connectivity index is 1.68. The van der Waals surface area contributed by atoms with Crippen LogP contribution in [0.1, 0.15) is 24.3 Å². The van der Waals surface area contributed by atoms with E-state index < -0.39 is 24.0 Å². The number of anilines is 2. The van der Waals surface area contributed by atoms with Crippen molar-refractivity contribution in [2.45, 2.75) is 25.1 Å². The third-order valence-corrected chi connectivity index (χ3v) is 4.51. The first kappa shape index (κ1) is 20.6. The van der Waals surface area contributed by atoms with E-state index in [1.165, 1.54) is 17.2 Å². The summed E-state index contributed by atoms with van der Waals surface area (Å²) in [5, 5.41) is 3.05. The number of hydrogen-bond donors (Lipinski definition) is 1. The van der Waals surface area contributed by atoms with E-state index in [4.69, 9.17) is 0 Å². The molecule has 1 aliphatic heterocycles. The molecule has 3 rings (SSSR count). The summed E-state index contributed by atoms with van der Waals surface area (Å²) in [6.45, 7) is 3.83. The Morgan fingerprint density at radius 1 is 1.21 bits per heavy atom. The van der Waals surface area contributed by atoms with Crippen molar-refractivity contribution < 1.29 is 27.1 Å². The number of nitrogens with one attached hydrogen (secondary N) is 1. The molecule has 10 heteroatoms. The van der Waals surface area contributed by atoms with Crippen molar-refractivity contribution >= 4 is 17.4 Å². The molecule has 2 aromatic heterocycles. The van der Waals surface area contributed by atoms with Crippen LogP contribution in [0.2, 0.25) is 0 Å². The second kappa shape index (κ2) is 8.46. The number of alkyl halides is 3. The fourth-order valence-corrected chi connectivity index (χ4v) is 3.19. The molecule has 2 aromatic rings. The fourth-order valence-electron chi connectivity index (χ4n) is 3.19. The first-order valence-corrected chi connectivity index (χ1v) is 8.80. The van der Waals surface area contributed by atoms with E-state index >= 15 is 0 Å². The van der Waals surface area contributed by atoms with E-state index in [1.54, 1.807) is 12.3 Å². The normalized spacial score (nSPS) is 15.1. The molecule has 0 radical (unpaired) electrons. The number of aromatic nitrogens is 2. The topological polar surface area (TPSA) is 67.4 Å². The Bertz CT molecular complexity index is 879. The van der Waals surface area contributed by atoms with Gasteiger partial charge in [0.1, 0.15) is 5.82 Å². The van der Waals surface area contributed by atoms with Gasteiger partial charge < -0.3 is 15.0 Å². The van der Waals surface area contributed by atoms with Gasteiger partial charge in [-0.25, -0.2) is 14.4 Å². The average Bonchev–Trinajstić information content (AvgIpc) is 2.68. The number of carbonyl (C=O) groups excluding carboxylic acids is 1. The maximum absolute atomic E-state index is 13.0. The molecular weight excluding hydrogens is 392 g/mol. The van der Waals surface area contributed by atoms with Gasteiger partial charge in [-0.1, -0.05) is 12.6 Å². The molecule has 0 bridgehead atoms. The molecule has 1 saturated heterocycles. The molecule has 1 aliphatic rings. The molecular formula is C19H18F4N4O2. The number of carbonyl (C=O) groups is 1. The lowest BCUT2D eigenvalue weighted by Crippen LogP contribution is -2.38. The van der Waals surface area contributed by atoms with Crippen LogP contribution in [0, 0.1) is 0 Å². The molecule has 0 atom stereocenters. The van der Waals surface area contributed by atoms with E-state index in [0.29, 0.717) is 37.4 Å². The monoisotopic (exact) mass is 410 g/mol. The summed E-state index contributed by atoms with van der Waals surface area (Å²) < 4.78 is 53.5. The Hall–Kier alpha value is -3.17. The number of piperidine rings is 1. The Morgan fingerprint density at radius 2 is 1.93 bits per heavy atom. The summed E-state index contributed by atoms with van der Waals surface area (Å²) in [4.78, 5) is 21.1. The minimum absolute atomic E-state index is 0.0870. The SMILES string of the molecule is C=C(F)C(=O)N1CCC(c2cccnc2Nc2ccc(OC(F)(F)F)nc2)CC1. The van der Waals surface area contributed by atoms with Gasteiger partial charge in [0.15, 0.2) is 5.83 Å². The first-order valence-electron chi connectivity index (χ1n) is 8.80. The molecule has 0 saturated carbocycles. The van der Waals surface area contributed by atoms with Crippen molar-refractivity contribution in [1.82, 2.24) is 14.9 Å². The molecule has 29 heavy (non-hydrogen) atoms. The van der Waals surface area contributed by atoms with E-state index in [1.807, 2.05) is 6.07 Å². The van der Waals surface area contributed by atoms with E-state index in [9.17, 15) is 22.4 Å². The predicted octanol–water partition coefficient (Wildman–Crippen LogP) is 4.31. The highest BCUT2D eigenvalue weighted by atomic mass is 19.4. The number of rotatable bonds is 5. The highest BCUT2D eigenvalue weighted by Gasteiger charge is 2.31. The second-order valence-corrected chi connectivity index (χ2v) is 6.47. The minimum atomic E-state index is -4.80. The van der Waals surface area contributed by atoms with Gasteiger partial charge in [-0.05, 0) is 36.5 Å². The van der Waals surface area contributed by atoms with Crippen LogP contribution in [-0.2, 0) is 4.79 Å². The maximum Gasteiger partial charge on any atom is 0.574 e. The molecule has 0 spiro atoms. The lowest BCUT2D eigenvalue weighted by molar-refractivity contribution is -0.276. The molecule has 1 N–H and O–H groups in total. The van der Waals surface area contributed by atoms with Crippen molar-refractivity contribution in [2.24, 2.45) is 0 Å². The van der Waals surface area contributed by atoms with Gasteiger partial charge in [-0.3, -0.25) is 4.79 Å². The van der Waals surface area contributed by atoms with Gasteiger partial charge in [-0.2, -0.15) is 0 Å². The smallest absolute Gasteiger partial charge is 0.388 e. The molecule has 0 aromatic carbocycles. The first-order chi connectivity index (χ1) is 13.7. The highest BCUT2D eigenvalue weighted by molar-refractivity contribution is 5.90. The van der Waals surface area contributed by atoms with Crippen molar-refractivity contribution in [2.75, 3.05) is 18.4 Å². The van der Waals surface area contributed by atoms with Crippen LogP contribution in [-0.4, -0.2) is 40.2 Å². The summed E-state index contributed by atoms with van der Waals surface area (Å²) >= 11 is 0. The third-order valence-electron chi connectivity index (χ3n) is 4.51. The summed E-state index contributed by atoms with van der Waals surface area (Å²) in [6.07, 6.45) is -0.757. The number of ether oxygens (including phenoxy) is 1. The fraction of sp³-hybridized carbons (Fsp3) is 0.316. The Labute approximate surface area is 164 Å². The van der Waals surface area contributed by atoms with Gasteiger partial charge in [-0.15, -0.1) is 13.2 Å². The maximum atomic E-state index is 13.0. The van der Waals surface area contributed by atoms with Gasteiger partial charge in [0.25, 0.3) is 5.91 Å². The van der Waals surface area contributed by atoms with Gasteiger partial charge in [0, 0.05) is 25.4 Å². The van der Waals surface area contributed by atoms with Crippen molar-refractivity contribution in [3.8, 4) is 5.88 Å². The Kier molecular flexibility index (Phi) is 6.00. The van der Waals surface area contributed by atoms with E-state index in [2.05, 4.69) is 26.6 Å². The number of amides is 1. The molecule has 1 fully saturated rings. The van der Waals surface area contributed by atoms with Crippen LogP contribution in [0.4, 0.5) is 29.1 Å². The standard InChI is InChI=1S/C19H18F4N4O2/c1-12(20)18(28)27-9-6-13(7-10-27)15-3-2-8-24-17(15)26-14-4-5-16(25-11-14)29-19(21,22)23/h2-5,8,11,13H,1,6-7,9-10H2,(H,24,26). The molecule has 6 nitrogen and oxygen atoms in total. The zero-order chi connectivity index (χ0) is 21.0. The highest BCUT2D eigenvalue weighted by Crippen LogP contribution is 2.33. The van der Waals surface area contributed by atoms with Crippen LogP contribution in [0.3, 0.4) is 0 Å². The summed E-state index contributed by atoms with van der Waals surface area (Å²) in [7, 11) is 0. The largest absolute Gasteiger partial charge is 0.574 e. The summed E-state index contributed by atoms with van der Waals surface area (Å²) in [5.74, 6) is -1.60. The van der Waals surface area contributed by atoms with Crippen LogP contribution in [0.15, 0.2) is 49.1 Å². The number of hydrogen-bond acceptors (Lipinski definition) is 5. The second-order valence-electron chi connectivity index (χ2n) is 6.47. The predicted molar refractivity (Wildman–Crippen MR) is 97.2 cm³/mol. The van der Waals surface area contributed by atoms with Gasteiger partial charge >= 0.3 is 6.36 Å². The summed E-state index contributed by atoms with van der Waals surface area (Å²) in [5.41, 5.74) is 1.34. The van der Waals surface area contributed by atoms with Crippen LogP contribution in [0.25, 0.3) is 0 Å². The van der Waals surface area contributed by atoms with Gasteiger partial charge in [0.2, 0.25) is 5.88 Å². The van der Waals surface area contributed by atoms with Crippen molar-refractivity contribution in [3.63, 3.8) is 0 Å². The van der Waals surface area contributed by atoms with E-state index in [-0.39, 0.29) is 5.92 Å². The van der Waals surface area contributed by atoms with Crippen LogP contribution < -0.4 is 10.1 Å². The molecule has 0 aliphatic carbocycles. The zero-order valence-corrected chi connectivity index (χ0v) is 15.2.